The number of hydrogen-bond acceptors (Lipinski definition) is 5. The zero-order valence-electron chi connectivity index (χ0n) is 12.0. The van der Waals surface area contributed by atoms with Crippen molar-refractivity contribution in [1.82, 2.24) is 9.97 Å². The number of anilines is 1. The summed E-state index contributed by atoms with van der Waals surface area (Å²) in [5, 5.41) is 9.49. The Balaban J connectivity index is 2.08. The molecule has 0 spiro atoms. The lowest BCUT2D eigenvalue weighted by molar-refractivity contribution is -0.150. The normalized spacial score (nSPS) is 17.8. The van der Waals surface area contributed by atoms with Crippen LogP contribution >= 0.6 is 0 Å². The fourth-order valence-corrected chi connectivity index (χ4v) is 2.78. The Morgan fingerprint density at radius 1 is 1.50 bits per heavy atom. The van der Waals surface area contributed by atoms with Gasteiger partial charge in [-0.25, -0.2) is 4.98 Å². The second-order valence-corrected chi connectivity index (χ2v) is 5.22. The number of carbonyl (C=O) groups is 1. The number of carboxylic acids is 1. The Morgan fingerprint density at radius 3 is 2.75 bits per heavy atom. The molecule has 0 aliphatic carbocycles. The smallest absolute Gasteiger partial charge is 0.309 e. The lowest BCUT2D eigenvalue weighted by Gasteiger charge is -2.38. The van der Waals surface area contributed by atoms with Crippen LogP contribution in [0.25, 0.3) is 0 Å². The molecule has 20 heavy (non-hydrogen) atoms. The van der Waals surface area contributed by atoms with Crippen LogP contribution in [0.15, 0.2) is 12.3 Å². The van der Waals surface area contributed by atoms with Crippen LogP contribution in [0.1, 0.15) is 32.6 Å². The van der Waals surface area contributed by atoms with Gasteiger partial charge in [0.1, 0.15) is 0 Å². The zero-order chi connectivity index (χ0) is 14.6. The minimum atomic E-state index is -0.675. The Bertz CT molecular complexity index is 470. The summed E-state index contributed by atoms with van der Waals surface area (Å²) in [6.45, 7) is 3.36. The van der Waals surface area contributed by atoms with Gasteiger partial charge in [0.05, 0.1) is 12.5 Å². The van der Waals surface area contributed by atoms with Gasteiger partial charge in [0.25, 0.3) is 0 Å². The second-order valence-electron chi connectivity index (χ2n) is 5.22. The highest BCUT2D eigenvalue weighted by Gasteiger charge is 2.41. The van der Waals surface area contributed by atoms with E-state index < -0.39 is 11.4 Å². The summed E-state index contributed by atoms with van der Waals surface area (Å²) in [7, 11) is 1.57. The first-order valence-corrected chi connectivity index (χ1v) is 6.96. The van der Waals surface area contributed by atoms with Crippen LogP contribution in [0.5, 0.6) is 5.88 Å². The van der Waals surface area contributed by atoms with Gasteiger partial charge >= 0.3 is 5.97 Å². The fraction of sp³-hybridized carbons (Fsp3) is 0.643. The SMILES string of the molecule is CCCC1(C(=O)O)CCN(c2nccc(OC)n2)CC1. The van der Waals surface area contributed by atoms with Crippen molar-refractivity contribution in [1.29, 1.82) is 0 Å². The molecule has 1 fully saturated rings. The summed E-state index contributed by atoms with van der Waals surface area (Å²) in [5.74, 6) is 0.462. The van der Waals surface area contributed by atoms with Gasteiger partial charge < -0.3 is 14.7 Å². The summed E-state index contributed by atoms with van der Waals surface area (Å²) >= 11 is 0. The first-order chi connectivity index (χ1) is 9.61. The second kappa shape index (κ2) is 6.07. The van der Waals surface area contributed by atoms with Gasteiger partial charge in [0, 0.05) is 25.4 Å². The third-order valence-corrected chi connectivity index (χ3v) is 4.01. The molecule has 1 aromatic heterocycles. The Hall–Kier alpha value is -1.85. The zero-order valence-corrected chi connectivity index (χ0v) is 12.0. The molecule has 0 bridgehead atoms. The van der Waals surface area contributed by atoms with Crippen LogP contribution in [0.2, 0.25) is 0 Å². The summed E-state index contributed by atoms with van der Waals surface area (Å²) in [4.78, 5) is 22.1. The highest BCUT2D eigenvalue weighted by Crippen LogP contribution is 2.37. The van der Waals surface area contributed by atoms with Gasteiger partial charge in [0.15, 0.2) is 0 Å². The van der Waals surface area contributed by atoms with E-state index in [1.165, 1.54) is 0 Å². The van der Waals surface area contributed by atoms with Crippen LogP contribution in [0.4, 0.5) is 5.95 Å². The van der Waals surface area contributed by atoms with Crippen LogP contribution in [-0.4, -0.2) is 41.2 Å². The lowest BCUT2D eigenvalue weighted by atomic mass is 9.75. The van der Waals surface area contributed by atoms with E-state index in [4.69, 9.17) is 4.74 Å². The summed E-state index contributed by atoms with van der Waals surface area (Å²) < 4.78 is 5.09. The molecular formula is C14H21N3O3. The lowest BCUT2D eigenvalue weighted by Crippen LogP contribution is -2.45. The quantitative estimate of drug-likeness (QED) is 0.888. The van der Waals surface area contributed by atoms with Crippen LogP contribution in [0.3, 0.4) is 0 Å². The summed E-state index contributed by atoms with van der Waals surface area (Å²) in [6, 6.07) is 1.70. The van der Waals surface area contributed by atoms with E-state index in [-0.39, 0.29) is 0 Å². The van der Waals surface area contributed by atoms with E-state index in [0.717, 1.165) is 12.8 Å². The van der Waals surface area contributed by atoms with Crippen molar-refractivity contribution in [2.45, 2.75) is 32.6 Å². The third kappa shape index (κ3) is 2.84. The highest BCUT2D eigenvalue weighted by atomic mass is 16.5. The van der Waals surface area contributed by atoms with E-state index in [9.17, 15) is 9.90 Å². The molecule has 2 heterocycles. The number of carboxylic acid groups (broad SMARTS) is 1. The maximum Gasteiger partial charge on any atom is 0.309 e. The van der Waals surface area contributed by atoms with Crippen molar-refractivity contribution in [2.24, 2.45) is 5.41 Å². The van der Waals surface area contributed by atoms with Crippen LogP contribution < -0.4 is 9.64 Å². The maximum atomic E-state index is 11.5. The van der Waals surface area contributed by atoms with Crippen LogP contribution in [-0.2, 0) is 4.79 Å². The molecular weight excluding hydrogens is 258 g/mol. The fourth-order valence-electron chi connectivity index (χ4n) is 2.78. The van der Waals surface area contributed by atoms with Gasteiger partial charge in [-0.05, 0) is 19.3 Å². The number of nitrogens with zero attached hydrogens (tertiary/aromatic N) is 3. The number of hydrogen-bond donors (Lipinski definition) is 1. The maximum absolute atomic E-state index is 11.5. The monoisotopic (exact) mass is 279 g/mol. The molecule has 6 nitrogen and oxygen atoms in total. The molecule has 1 aliphatic heterocycles. The number of rotatable bonds is 5. The van der Waals surface area contributed by atoms with Gasteiger partial charge in [-0.3, -0.25) is 4.79 Å². The first-order valence-electron chi connectivity index (χ1n) is 6.96. The predicted octanol–water partition coefficient (Wildman–Crippen LogP) is 1.96. The van der Waals surface area contributed by atoms with Crippen molar-refractivity contribution in [3.05, 3.63) is 12.3 Å². The molecule has 0 unspecified atom stereocenters. The van der Waals surface area contributed by atoms with Crippen molar-refractivity contribution in [2.75, 3.05) is 25.1 Å². The molecule has 1 saturated heterocycles. The number of aromatic nitrogens is 2. The molecule has 0 atom stereocenters. The van der Waals surface area contributed by atoms with E-state index in [0.29, 0.717) is 37.8 Å². The van der Waals surface area contributed by atoms with Crippen molar-refractivity contribution < 1.29 is 14.6 Å². The number of piperidine rings is 1. The average molecular weight is 279 g/mol. The average Bonchev–Trinajstić information content (AvgIpc) is 2.48. The highest BCUT2D eigenvalue weighted by molar-refractivity contribution is 5.75. The standard InChI is InChI=1S/C14H21N3O3/c1-3-5-14(12(18)19)6-9-17(10-7-14)13-15-8-4-11(16-13)20-2/h4,8H,3,5-7,9-10H2,1-2H3,(H,18,19). The van der Waals surface area contributed by atoms with E-state index in [1.807, 2.05) is 11.8 Å². The molecule has 6 heteroatoms. The number of ether oxygens (including phenoxy) is 1. The van der Waals surface area contributed by atoms with E-state index in [1.54, 1.807) is 19.4 Å². The van der Waals surface area contributed by atoms with Crippen molar-refractivity contribution >= 4 is 11.9 Å². The van der Waals surface area contributed by atoms with Crippen molar-refractivity contribution in [3.63, 3.8) is 0 Å². The first kappa shape index (κ1) is 14.6. The molecule has 0 radical (unpaired) electrons. The van der Waals surface area contributed by atoms with Crippen LogP contribution in [0, 0.1) is 5.41 Å². The molecule has 2 rings (SSSR count). The minimum absolute atomic E-state index is 0.527. The largest absolute Gasteiger partial charge is 0.481 e. The van der Waals surface area contributed by atoms with Gasteiger partial charge in [-0.1, -0.05) is 13.3 Å². The Morgan fingerprint density at radius 2 is 2.20 bits per heavy atom. The molecule has 0 amide bonds. The Labute approximate surface area is 118 Å². The van der Waals surface area contributed by atoms with Gasteiger partial charge in [-0.2, -0.15) is 4.98 Å². The topological polar surface area (TPSA) is 75.5 Å². The van der Waals surface area contributed by atoms with E-state index in [2.05, 4.69) is 9.97 Å². The van der Waals surface area contributed by atoms with Gasteiger partial charge in [-0.15, -0.1) is 0 Å². The third-order valence-electron chi connectivity index (χ3n) is 4.01. The number of aliphatic carboxylic acids is 1. The molecule has 0 aromatic carbocycles. The van der Waals surface area contributed by atoms with Crippen molar-refractivity contribution in [3.8, 4) is 5.88 Å². The molecule has 1 aromatic rings. The van der Waals surface area contributed by atoms with Gasteiger partial charge in [0.2, 0.25) is 11.8 Å². The van der Waals surface area contributed by atoms with E-state index >= 15 is 0 Å². The molecule has 1 aliphatic rings. The number of methoxy groups -OCH3 is 1. The molecule has 1 N–H and O–H groups in total. The molecule has 110 valence electrons. The minimum Gasteiger partial charge on any atom is -0.481 e. The molecule has 0 saturated carbocycles. The summed E-state index contributed by atoms with van der Waals surface area (Å²) in [6.07, 6.45) is 4.55. The summed E-state index contributed by atoms with van der Waals surface area (Å²) in [5.41, 5.74) is -0.579. The predicted molar refractivity (Wildman–Crippen MR) is 75.0 cm³/mol. The Kier molecular flexibility index (Phi) is 4.42.